The maximum atomic E-state index is 12.4. The van der Waals surface area contributed by atoms with E-state index in [1.54, 1.807) is 36.4 Å². The van der Waals surface area contributed by atoms with Crippen molar-refractivity contribution < 1.29 is 14.3 Å². The molecule has 0 bridgehead atoms. The van der Waals surface area contributed by atoms with Gasteiger partial charge in [-0.25, -0.2) is 0 Å². The van der Waals surface area contributed by atoms with Crippen LogP contribution in [0, 0.1) is 0 Å². The lowest BCUT2D eigenvalue weighted by atomic mass is 10.1. The average molecular weight is 344 g/mol. The average Bonchev–Trinajstić information content (AvgIpc) is 3.39. The maximum Gasteiger partial charge on any atom is 0.311 e. The van der Waals surface area contributed by atoms with Crippen molar-refractivity contribution in [3.8, 4) is 0 Å². The molecule has 0 aliphatic heterocycles. The predicted octanol–water partition coefficient (Wildman–Crippen LogP) is 3.45. The quantitative estimate of drug-likeness (QED) is 0.817. The van der Waals surface area contributed by atoms with Crippen LogP contribution in [0.3, 0.4) is 0 Å². The van der Waals surface area contributed by atoms with Crippen molar-refractivity contribution in [2.24, 2.45) is 0 Å². The fourth-order valence-electron chi connectivity index (χ4n) is 2.35. The Kier molecular flexibility index (Phi) is 5.16. The topological polar surface area (TPSA) is 55.4 Å². The van der Waals surface area contributed by atoms with Crippen LogP contribution < -0.4 is 5.32 Å². The number of nitrogens with one attached hydrogen (secondary N) is 1. The highest BCUT2D eigenvalue weighted by atomic mass is 35.5. The second-order valence-corrected chi connectivity index (χ2v) is 6.30. The van der Waals surface area contributed by atoms with Crippen LogP contribution in [-0.4, -0.2) is 17.9 Å². The zero-order chi connectivity index (χ0) is 16.9. The van der Waals surface area contributed by atoms with E-state index in [1.807, 2.05) is 18.2 Å². The first-order valence-corrected chi connectivity index (χ1v) is 8.29. The van der Waals surface area contributed by atoms with Crippen molar-refractivity contribution in [1.29, 1.82) is 0 Å². The summed E-state index contributed by atoms with van der Waals surface area (Å²) in [5.41, 5.74) is 1.46. The molecule has 0 spiro atoms. The van der Waals surface area contributed by atoms with Crippen LogP contribution in [0.15, 0.2) is 54.6 Å². The van der Waals surface area contributed by atoms with Crippen LogP contribution in [0.4, 0.5) is 0 Å². The smallest absolute Gasteiger partial charge is 0.311 e. The van der Waals surface area contributed by atoms with Crippen molar-refractivity contribution in [3.63, 3.8) is 0 Å². The molecule has 24 heavy (non-hydrogen) atoms. The first-order chi connectivity index (χ1) is 11.6. The van der Waals surface area contributed by atoms with E-state index >= 15 is 0 Å². The Hall–Kier alpha value is -2.33. The number of carbonyl (C=O) groups is 2. The molecule has 1 amide bonds. The summed E-state index contributed by atoms with van der Waals surface area (Å²) in [4.78, 5) is 24.7. The molecular weight excluding hydrogens is 326 g/mol. The lowest BCUT2D eigenvalue weighted by Gasteiger charge is -2.18. The molecule has 1 saturated carbocycles. The number of benzene rings is 2. The second-order valence-electron chi connectivity index (χ2n) is 5.87. The SMILES string of the molecule is O=C(Cc1ccc(Cl)cc1)O[C@H](C(=O)NC1CC1)c1ccccc1. The van der Waals surface area contributed by atoms with Gasteiger partial charge in [-0.3, -0.25) is 9.59 Å². The van der Waals surface area contributed by atoms with Gasteiger partial charge in [0.25, 0.3) is 5.91 Å². The third-order valence-corrected chi connectivity index (χ3v) is 4.03. The van der Waals surface area contributed by atoms with E-state index in [-0.39, 0.29) is 18.4 Å². The van der Waals surface area contributed by atoms with Gasteiger partial charge < -0.3 is 10.1 Å². The fraction of sp³-hybridized carbons (Fsp3) is 0.263. The number of esters is 1. The molecule has 2 aromatic carbocycles. The first-order valence-electron chi connectivity index (χ1n) is 7.91. The van der Waals surface area contributed by atoms with Crippen LogP contribution in [0.25, 0.3) is 0 Å². The number of carbonyl (C=O) groups excluding carboxylic acids is 2. The summed E-state index contributed by atoms with van der Waals surface area (Å²) in [5, 5.41) is 3.50. The van der Waals surface area contributed by atoms with E-state index < -0.39 is 12.1 Å². The molecule has 0 heterocycles. The largest absolute Gasteiger partial charge is 0.447 e. The van der Waals surface area contributed by atoms with Crippen molar-refractivity contribution in [2.75, 3.05) is 0 Å². The zero-order valence-electron chi connectivity index (χ0n) is 13.1. The maximum absolute atomic E-state index is 12.4. The molecule has 2 aromatic rings. The van der Waals surface area contributed by atoms with Gasteiger partial charge in [-0.15, -0.1) is 0 Å². The Balaban J connectivity index is 1.69. The van der Waals surface area contributed by atoms with Crippen molar-refractivity contribution in [3.05, 3.63) is 70.7 Å². The normalized spacial score (nSPS) is 14.7. The summed E-state index contributed by atoms with van der Waals surface area (Å²) in [6.07, 6.45) is 1.13. The summed E-state index contributed by atoms with van der Waals surface area (Å²) in [7, 11) is 0. The Morgan fingerprint density at radius 1 is 1.08 bits per heavy atom. The van der Waals surface area contributed by atoms with E-state index in [1.165, 1.54) is 0 Å². The minimum atomic E-state index is -0.924. The van der Waals surface area contributed by atoms with Gasteiger partial charge in [-0.1, -0.05) is 54.1 Å². The van der Waals surface area contributed by atoms with Crippen LogP contribution in [0.5, 0.6) is 0 Å². The van der Waals surface area contributed by atoms with Crippen LogP contribution in [-0.2, 0) is 20.7 Å². The monoisotopic (exact) mass is 343 g/mol. The molecular formula is C19H18ClNO3. The Labute approximate surface area is 145 Å². The molecule has 1 atom stereocenters. The molecule has 1 aliphatic carbocycles. The number of amides is 1. The Morgan fingerprint density at radius 3 is 2.38 bits per heavy atom. The van der Waals surface area contributed by atoms with Gasteiger partial charge in [-0.05, 0) is 30.5 Å². The molecule has 5 heteroatoms. The minimum absolute atomic E-state index is 0.0945. The number of rotatable bonds is 6. The summed E-state index contributed by atoms with van der Waals surface area (Å²) < 4.78 is 5.48. The van der Waals surface area contributed by atoms with Crippen molar-refractivity contribution in [2.45, 2.75) is 31.4 Å². The predicted molar refractivity (Wildman–Crippen MR) is 91.6 cm³/mol. The first kappa shape index (κ1) is 16.5. The van der Waals surface area contributed by atoms with E-state index in [2.05, 4.69) is 5.32 Å². The van der Waals surface area contributed by atoms with Crippen LogP contribution in [0.1, 0.15) is 30.1 Å². The number of ether oxygens (including phenoxy) is 1. The lowest BCUT2D eigenvalue weighted by Crippen LogP contribution is -2.33. The van der Waals surface area contributed by atoms with E-state index in [0.29, 0.717) is 10.6 Å². The number of halogens is 1. The standard InChI is InChI=1S/C19H18ClNO3/c20-15-8-6-13(7-9-15)12-17(22)24-18(14-4-2-1-3-5-14)19(23)21-16-10-11-16/h1-9,16,18H,10-12H2,(H,21,23)/t18-/m0/s1. The highest BCUT2D eigenvalue weighted by molar-refractivity contribution is 6.30. The van der Waals surface area contributed by atoms with Crippen molar-refractivity contribution in [1.82, 2.24) is 5.32 Å². The summed E-state index contributed by atoms with van der Waals surface area (Å²) in [6.45, 7) is 0. The van der Waals surface area contributed by atoms with Gasteiger partial charge in [-0.2, -0.15) is 0 Å². The molecule has 0 radical (unpaired) electrons. The van der Waals surface area contributed by atoms with Crippen LogP contribution >= 0.6 is 11.6 Å². The van der Waals surface area contributed by atoms with Crippen LogP contribution in [0.2, 0.25) is 5.02 Å². The van der Waals surface area contributed by atoms with E-state index in [9.17, 15) is 9.59 Å². The van der Waals surface area contributed by atoms with Gasteiger partial charge in [0.15, 0.2) is 0 Å². The zero-order valence-corrected chi connectivity index (χ0v) is 13.8. The molecule has 3 rings (SSSR count). The molecule has 4 nitrogen and oxygen atoms in total. The van der Waals surface area contributed by atoms with E-state index in [0.717, 1.165) is 18.4 Å². The molecule has 0 unspecified atom stereocenters. The van der Waals surface area contributed by atoms with Gasteiger partial charge >= 0.3 is 5.97 Å². The summed E-state index contributed by atoms with van der Waals surface area (Å²) in [6, 6.07) is 16.3. The third kappa shape index (κ3) is 4.59. The van der Waals surface area contributed by atoms with Gasteiger partial charge in [0, 0.05) is 16.6 Å². The molecule has 1 N–H and O–H groups in total. The van der Waals surface area contributed by atoms with Gasteiger partial charge in [0.1, 0.15) is 0 Å². The highest BCUT2D eigenvalue weighted by Crippen LogP contribution is 2.23. The molecule has 1 aliphatic rings. The lowest BCUT2D eigenvalue weighted by molar-refractivity contribution is -0.156. The number of hydrogen-bond donors (Lipinski definition) is 1. The van der Waals surface area contributed by atoms with E-state index in [4.69, 9.17) is 16.3 Å². The molecule has 0 saturated heterocycles. The van der Waals surface area contributed by atoms with Gasteiger partial charge in [0.2, 0.25) is 6.10 Å². The Morgan fingerprint density at radius 2 is 1.75 bits per heavy atom. The second kappa shape index (κ2) is 7.49. The summed E-state index contributed by atoms with van der Waals surface area (Å²) in [5.74, 6) is -0.717. The molecule has 124 valence electrons. The van der Waals surface area contributed by atoms with Gasteiger partial charge in [0.05, 0.1) is 6.42 Å². The summed E-state index contributed by atoms with van der Waals surface area (Å²) >= 11 is 5.84. The minimum Gasteiger partial charge on any atom is -0.447 e. The Bertz CT molecular complexity index is 711. The highest BCUT2D eigenvalue weighted by Gasteiger charge is 2.30. The molecule has 1 fully saturated rings. The third-order valence-electron chi connectivity index (χ3n) is 3.78. The molecule has 0 aromatic heterocycles. The number of hydrogen-bond acceptors (Lipinski definition) is 3. The fourth-order valence-corrected chi connectivity index (χ4v) is 2.47. The van der Waals surface area contributed by atoms with Crippen molar-refractivity contribution >= 4 is 23.5 Å².